The van der Waals surface area contributed by atoms with E-state index in [1.54, 1.807) is 12.1 Å². The number of aromatic carboxylic acids is 1. The summed E-state index contributed by atoms with van der Waals surface area (Å²) in [7, 11) is 0. The predicted molar refractivity (Wildman–Crippen MR) is 116 cm³/mol. The first kappa shape index (κ1) is 21.8. The molecule has 2 aromatic rings. The van der Waals surface area contributed by atoms with Crippen molar-refractivity contribution in [3.05, 3.63) is 59.7 Å². The number of amides is 1. The molecule has 0 unspecified atom stereocenters. The van der Waals surface area contributed by atoms with E-state index < -0.39 is 5.97 Å². The van der Waals surface area contributed by atoms with Crippen LogP contribution in [0.15, 0.2) is 48.5 Å². The largest absolute Gasteiger partial charge is 0.478 e. The maximum atomic E-state index is 12.2. The molecule has 1 heterocycles. The van der Waals surface area contributed by atoms with Gasteiger partial charge >= 0.3 is 5.97 Å². The number of piperidine rings is 1. The fraction of sp³-hybridized carbons (Fsp3) is 0.417. The van der Waals surface area contributed by atoms with Crippen molar-refractivity contribution in [1.29, 1.82) is 0 Å². The Bertz CT molecular complexity index is 825. The van der Waals surface area contributed by atoms with Gasteiger partial charge in [-0.1, -0.05) is 25.5 Å². The van der Waals surface area contributed by atoms with Gasteiger partial charge in [-0.3, -0.25) is 9.69 Å². The Morgan fingerprint density at radius 1 is 1.03 bits per heavy atom. The molecule has 0 spiro atoms. The molecule has 30 heavy (non-hydrogen) atoms. The van der Waals surface area contributed by atoms with Crippen LogP contribution in [0, 0.1) is 5.92 Å². The minimum absolute atomic E-state index is 0.140. The van der Waals surface area contributed by atoms with Gasteiger partial charge in [0.2, 0.25) is 5.91 Å². The van der Waals surface area contributed by atoms with Crippen LogP contribution in [-0.4, -0.2) is 41.5 Å². The molecule has 1 aliphatic heterocycles. The van der Waals surface area contributed by atoms with Gasteiger partial charge in [-0.2, -0.15) is 0 Å². The molecular weight excluding hydrogens is 380 g/mol. The number of hydrogen-bond donors (Lipinski definition) is 2. The number of carbonyl (C=O) groups is 2. The smallest absolute Gasteiger partial charge is 0.335 e. The first-order chi connectivity index (χ1) is 14.5. The normalized spacial score (nSPS) is 15.0. The molecule has 0 bridgehead atoms. The average Bonchev–Trinajstić information content (AvgIpc) is 2.76. The van der Waals surface area contributed by atoms with Crippen LogP contribution in [0.25, 0.3) is 0 Å². The highest BCUT2D eigenvalue weighted by atomic mass is 16.5. The van der Waals surface area contributed by atoms with Gasteiger partial charge in [-0.05, 0) is 74.3 Å². The van der Waals surface area contributed by atoms with E-state index >= 15 is 0 Å². The van der Waals surface area contributed by atoms with Crippen LogP contribution in [0.2, 0.25) is 0 Å². The summed E-state index contributed by atoms with van der Waals surface area (Å²) in [4.78, 5) is 25.5. The van der Waals surface area contributed by atoms with Crippen molar-refractivity contribution in [2.45, 2.75) is 39.2 Å². The van der Waals surface area contributed by atoms with E-state index in [4.69, 9.17) is 9.84 Å². The number of unbranched alkanes of at least 4 members (excludes halogenated alkanes) is 1. The SMILES string of the molecule is CCCCNC(=O)C1CCN(Cc2ccc(Oc3ccc(C(=O)O)cc3)cc2)CC1. The third kappa shape index (κ3) is 6.32. The fourth-order valence-electron chi connectivity index (χ4n) is 3.61. The van der Waals surface area contributed by atoms with E-state index in [0.717, 1.165) is 51.9 Å². The van der Waals surface area contributed by atoms with Crippen molar-refractivity contribution in [2.24, 2.45) is 5.92 Å². The van der Waals surface area contributed by atoms with E-state index in [2.05, 4.69) is 17.1 Å². The first-order valence-electron chi connectivity index (χ1n) is 10.7. The number of rotatable bonds is 9. The molecule has 1 aliphatic rings. The molecular formula is C24H30N2O4. The summed E-state index contributed by atoms with van der Waals surface area (Å²) in [5, 5.41) is 12.0. The lowest BCUT2D eigenvalue weighted by molar-refractivity contribution is -0.126. The molecule has 1 fully saturated rings. The van der Waals surface area contributed by atoms with E-state index in [9.17, 15) is 9.59 Å². The highest BCUT2D eigenvalue weighted by Gasteiger charge is 2.24. The van der Waals surface area contributed by atoms with Gasteiger partial charge < -0.3 is 15.2 Å². The molecule has 160 valence electrons. The first-order valence-corrected chi connectivity index (χ1v) is 10.7. The Labute approximate surface area is 177 Å². The van der Waals surface area contributed by atoms with Crippen molar-refractivity contribution >= 4 is 11.9 Å². The number of hydrogen-bond acceptors (Lipinski definition) is 4. The number of nitrogens with zero attached hydrogens (tertiary/aromatic N) is 1. The van der Waals surface area contributed by atoms with Crippen LogP contribution in [0.5, 0.6) is 11.5 Å². The molecule has 2 aromatic carbocycles. The molecule has 0 aliphatic carbocycles. The highest BCUT2D eigenvalue weighted by molar-refractivity contribution is 5.87. The van der Waals surface area contributed by atoms with Gasteiger partial charge in [0.15, 0.2) is 0 Å². The predicted octanol–water partition coefficient (Wildman–Crippen LogP) is 4.31. The van der Waals surface area contributed by atoms with Crippen molar-refractivity contribution in [1.82, 2.24) is 10.2 Å². The molecule has 0 saturated carbocycles. The van der Waals surface area contributed by atoms with Crippen molar-refractivity contribution < 1.29 is 19.4 Å². The molecule has 2 N–H and O–H groups in total. The van der Waals surface area contributed by atoms with E-state index in [0.29, 0.717) is 11.5 Å². The Kier molecular flexibility index (Phi) is 7.85. The van der Waals surface area contributed by atoms with Crippen LogP contribution >= 0.6 is 0 Å². The number of ether oxygens (including phenoxy) is 1. The Hall–Kier alpha value is -2.86. The molecule has 1 amide bonds. The van der Waals surface area contributed by atoms with Gasteiger partial charge in [0.1, 0.15) is 11.5 Å². The Balaban J connectivity index is 1.45. The van der Waals surface area contributed by atoms with Crippen molar-refractivity contribution in [3.63, 3.8) is 0 Å². The molecule has 6 nitrogen and oxygen atoms in total. The van der Waals surface area contributed by atoms with Crippen LogP contribution in [-0.2, 0) is 11.3 Å². The number of likely N-dealkylation sites (tertiary alicyclic amines) is 1. The van der Waals surface area contributed by atoms with Crippen LogP contribution in [0.1, 0.15) is 48.5 Å². The molecule has 3 rings (SSSR count). The van der Waals surface area contributed by atoms with Gasteiger partial charge in [-0.15, -0.1) is 0 Å². The number of carbonyl (C=O) groups excluding carboxylic acids is 1. The zero-order valence-electron chi connectivity index (χ0n) is 17.5. The van der Waals surface area contributed by atoms with Crippen LogP contribution in [0.3, 0.4) is 0 Å². The van der Waals surface area contributed by atoms with Crippen LogP contribution in [0.4, 0.5) is 0 Å². The summed E-state index contributed by atoms with van der Waals surface area (Å²) in [5.74, 6) is 0.714. The summed E-state index contributed by atoms with van der Waals surface area (Å²) in [5.41, 5.74) is 1.44. The molecule has 0 atom stereocenters. The summed E-state index contributed by atoms with van der Waals surface area (Å²) in [6.07, 6.45) is 3.95. The average molecular weight is 411 g/mol. The topological polar surface area (TPSA) is 78.9 Å². The van der Waals surface area contributed by atoms with Gasteiger partial charge in [0.25, 0.3) is 0 Å². The maximum absolute atomic E-state index is 12.2. The number of carboxylic acids is 1. The van der Waals surface area contributed by atoms with E-state index in [-0.39, 0.29) is 17.4 Å². The third-order valence-electron chi connectivity index (χ3n) is 5.45. The molecule has 1 saturated heterocycles. The lowest BCUT2D eigenvalue weighted by Gasteiger charge is -2.31. The molecule has 0 radical (unpaired) electrons. The lowest BCUT2D eigenvalue weighted by atomic mass is 9.95. The monoisotopic (exact) mass is 410 g/mol. The Morgan fingerprint density at radius 3 is 2.20 bits per heavy atom. The number of carboxylic acid groups (broad SMARTS) is 1. The second-order valence-electron chi connectivity index (χ2n) is 7.77. The van der Waals surface area contributed by atoms with Gasteiger partial charge in [0, 0.05) is 19.0 Å². The van der Waals surface area contributed by atoms with Gasteiger partial charge in [0.05, 0.1) is 5.56 Å². The van der Waals surface area contributed by atoms with E-state index in [1.807, 2.05) is 24.3 Å². The minimum atomic E-state index is -0.952. The lowest BCUT2D eigenvalue weighted by Crippen LogP contribution is -2.40. The van der Waals surface area contributed by atoms with Crippen LogP contribution < -0.4 is 10.1 Å². The third-order valence-corrected chi connectivity index (χ3v) is 5.45. The molecule has 6 heteroatoms. The van der Waals surface area contributed by atoms with E-state index in [1.165, 1.54) is 17.7 Å². The highest BCUT2D eigenvalue weighted by Crippen LogP contribution is 2.24. The van der Waals surface area contributed by atoms with Crippen molar-refractivity contribution in [3.8, 4) is 11.5 Å². The summed E-state index contributed by atoms with van der Waals surface area (Å²) < 4.78 is 5.79. The number of benzene rings is 2. The zero-order chi connectivity index (χ0) is 21.3. The quantitative estimate of drug-likeness (QED) is 0.603. The minimum Gasteiger partial charge on any atom is -0.478 e. The Morgan fingerprint density at radius 2 is 1.63 bits per heavy atom. The standard InChI is InChI=1S/C24H30N2O4/c1-2-3-14-25-23(27)19-12-15-26(16-13-19)17-18-4-8-21(9-5-18)30-22-10-6-20(7-11-22)24(28)29/h4-11,19H,2-3,12-17H2,1H3,(H,25,27)(H,28,29). The summed E-state index contributed by atoms with van der Waals surface area (Å²) in [6.45, 7) is 5.63. The number of nitrogens with one attached hydrogen (secondary N) is 1. The second kappa shape index (κ2) is 10.8. The fourth-order valence-corrected chi connectivity index (χ4v) is 3.61. The zero-order valence-corrected chi connectivity index (χ0v) is 17.5. The summed E-state index contributed by atoms with van der Waals surface area (Å²) in [6, 6.07) is 14.3. The van der Waals surface area contributed by atoms with Gasteiger partial charge in [-0.25, -0.2) is 4.79 Å². The summed E-state index contributed by atoms with van der Waals surface area (Å²) >= 11 is 0. The molecule has 0 aromatic heterocycles. The second-order valence-corrected chi connectivity index (χ2v) is 7.77. The van der Waals surface area contributed by atoms with Crippen molar-refractivity contribution in [2.75, 3.05) is 19.6 Å². The maximum Gasteiger partial charge on any atom is 0.335 e.